The summed E-state index contributed by atoms with van der Waals surface area (Å²) >= 11 is 0. The van der Waals surface area contributed by atoms with Crippen LogP contribution in [0.25, 0.3) is 22.6 Å². The van der Waals surface area contributed by atoms with Gasteiger partial charge in [0.05, 0.1) is 0 Å². The Labute approximate surface area is 151 Å². The minimum atomic E-state index is -0.133. The van der Waals surface area contributed by atoms with Crippen LogP contribution in [0.3, 0.4) is 0 Å². The van der Waals surface area contributed by atoms with Crippen molar-refractivity contribution in [1.29, 1.82) is 0 Å². The molecule has 0 atom stereocenters. The van der Waals surface area contributed by atoms with Crippen LogP contribution in [-0.2, 0) is 0 Å². The third-order valence-corrected chi connectivity index (χ3v) is 4.04. The molecule has 4 heteroatoms. The molecule has 4 rings (SSSR count). The lowest BCUT2D eigenvalue weighted by Crippen LogP contribution is -2.11. The Bertz CT molecular complexity index is 1010. The maximum atomic E-state index is 12.2. The van der Waals surface area contributed by atoms with Crippen molar-refractivity contribution in [3.8, 4) is 22.6 Å². The first kappa shape index (κ1) is 15.8. The van der Waals surface area contributed by atoms with E-state index in [-0.39, 0.29) is 5.91 Å². The van der Waals surface area contributed by atoms with E-state index in [1.807, 2.05) is 78.9 Å². The summed E-state index contributed by atoms with van der Waals surface area (Å²) in [7, 11) is 0. The SMILES string of the molecule is O=C(Nc1ccc(-c2cc(-c3ccccc3)on2)cc1)c1ccccc1. The van der Waals surface area contributed by atoms with Gasteiger partial charge in [-0.1, -0.05) is 65.8 Å². The first-order chi connectivity index (χ1) is 12.8. The van der Waals surface area contributed by atoms with Gasteiger partial charge in [0.2, 0.25) is 0 Å². The van der Waals surface area contributed by atoms with Crippen molar-refractivity contribution in [3.63, 3.8) is 0 Å². The summed E-state index contributed by atoms with van der Waals surface area (Å²) in [5, 5.41) is 7.02. The number of nitrogens with zero attached hydrogens (tertiary/aromatic N) is 1. The van der Waals surface area contributed by atoms with Crippen LogP contribution < -0.4 is 5.32 Å². The van der Waals surface area contributed by atoms with Crippen molar-refractivity contribution in [3.05, 3.63) is 96.6 Å². The van der Waals surface area contributed by atoms with Crippen LogP contribution in [-0.4, -0.2) is 11.1 Å². The number of carbonyl (C=O) groups excluding carboxylic acids is 1. The lowest BCUT2D eigenvalue weighted by atomic mass is 10.1. The molecular weight excluding hydrogens is 324 g/mol. The molecule has 4 nitrogen and oxygen atoms in total. The molecule has 0 aliphatic heterocycles. The number of aromatic nitrogens is 1. The Morgan fingerprint density at radius 1 is 0.769 bits per heavy atom. The highest BCUT2D eigenvalue weighted by Crippen LogP contribution is 2.26. The van der Waals surface area contributed by atoms with Crippen molar-refractivity contribution >= 4 is 11.6 Å². The number of hydrogen-bond acceptors (Lipinski definition) is 3. The van der Waals surface area contributed by atoms with Gasteiger partial charge in [-0.15, -0.1) is 0 Å². The molecule has 26 heavy (non-hydrogen) atoms. The molecule has 0 radical (unpaired) electrons. The van der Waals surface area contributed by atoms with E-state index in [4.69, 9.17) is 4.52 Å². The normalized spacial score (nSPS) is 10.5. The summed E-state index contributed by atoms with van der Waals surface area (Å²) < 4.78 is 5.44. The molecule has 1 aromatic heterocycles. The molecule has 1 heterocycles. The molecule has 0 saturated heterocycles. The standard InChI is InChI=1S/C22H16N2O2/c25-22(18-9-5-2-6-10-18)23-19-13-11-16(12-14-19)20-15-21(26-24-20)17-7-3-1-4-8-17/h1-15H,(H,23,25). The Hall–Kier alpha value is -3.66. The summed E-state index contributed by atoms with van der Waals surface area (Å²) in [5.41, 5.74) is 4.02. The molecule has 4 aromatic rings. The Morgan fingerprint density at radius 2 is 1.42 bits per heavy atom. The van der Waals surface area contributed by atoms with Gasteiger partial charge in [-0.25, -0.2) is 0 Å². The fraction of sp³-hybridized carbons (Fsp3) is 0. The van der Waals surface area contributed by atoms with Crippen LogP contribution in [0.5, 0.6) is 0 Å². The van der Waals surface area contributed by atoms with Crippen LogP contribution in [0.1, 0.15) is 10.4 Å². The molecule has 1 amide bonds. The van der Waals surface area contributed by atoms with Crippen LogP contribution in [0, 0.1) is 0 Å². The van der Waals surface area contributed by atoms with Gasteiger partial charge >= 0.3 is 0 Å². The zero-order chi connectivity index (χ0) is 17.8. The predicted octanol–water partition coefficient (Wildman–Crippen LogP) is 5.26. The smallest absolute Gasteiger partial charge is 0.255 e. The fourth-order valence-corrected chi connectivity index (χ4v) is 2.67. The summed E-state index contributed by atoms with van der Waals surface area (Å²) in [5.74, 6) is 0.591. The maximum Gasteiger partial charge on any atom is 0.255 e. The minimum Gasteiger partial charge on any atom is -0.356 e. The number of rotatable bonds is 4. The van der Waals surface area contributed by atoms with Gasteiger partial charge < -0.3 is 9.84 Å². The quantitative estimate of drug-likeness (QED) is 0.551. The number of benzene rings is 3. The summed E-state index contributed by atoms with van der Waals surface area (Å²) in [6.45, 7) is 0. The Kier molecular flexibility index (Phi) is 4.31. The van der Waals surface area contributed by atoms with Crippen LogP contribution in [0.2, 0.25) is 0 Å². The first-order valence-corrected chi connectivity index (χ1v) is 8.28. The number of anilines is 1. The van der Waals surface area contributed by atoms with Crippen molar-refractivity contribution in [1.82, 2.24) is 5.16 Å². The average molecular weight is 340 g/mol. The largest absolute Gasteiger partial charge is 0.356 e. The Balaban J connectivity index is 1.50. The summed E-state index contributed by atoms with van der Waals surface area (Å²) in [4.78, 5) is 12.2. The van der Waals surface area contributed by atoms with E-state index in [0.717, 1.165) is 28.3 Å². The van der Waals surface area contributed by atoms with Gasteiger partial charge in [0.25, 0.3) is 5.91 Å². The highest BCUT2D eigenvalue weighted by molar-refractivity contribution is 6.04. The average Bonchev–Trinajstić information content (AvgIpc) is 3.20. The molecule has 126 valence electrons. The van der Waals surface area contributed by atoms with Crippen LogP contribution >= 0.6 is 0 Å². The van der Waals surface area contributed by atoms with Crippen molar-refractivity contribution in [2.45, 2.75) is 0 Å². The molecule has 0 spiro atoms. The second-order valence-electron chi connectivity index (χ2n) is 5.84. The summed E-state index contributed by atoms with van der Waals surface area (Å²) in [6.07, 6.45) is 0. The van der Waals surface area contributed by atoms with Crippen LogP contribution in [0.4, 0.5) is 5.69 Å². The first-order valence-electron chi connectivity index (χ1n) is 8.28. The number of amides is 1. The molecular formula is C22H16N2O2. The van der Waals surface area contributed by atoms with Gasteiger partial charge in [0, 0.05) is 28.4 Å². The van der Waals surface area contributed by atoms with Gasteiger partial charge in [-0.3, -0.25) is 4.79 Å². The second kappa shape index (κ2) is 7.07. The third kappa shape index (κ3) is 3.39. The fourth-order valence-electron chi connectivity index (χ4n) is 2.67. The number of carbonyl (C=O) groups is 1. The molecule has 0 unspecified atom stereocenters. The molecule has 0 aliphatic rings. The van der Waals surface area contributed by atoms with Gasteiger partial charge in [0.15, 0.2) is 5.76 Å². The second-order valence-corrected chi connectivity index (χ2v) is 5.84. The lowest BCUT2D eigenvalue weighted by molar-refractivity contribution is 0.102. The topological polar surface area (TPSA) is 55.1 Å². The lowest BCUT2D eigenvalue weighted by Gasteiger charge is -2.05. The molecule has 0 saturated carbocycles. The molecule has 1 N–H and O–H groups in total. The van der Waals surface area contributed by atoms with Gasteiger partial charge in [-0.2, -0.15) is 0 Å². The van der Waals surface area contributed by atoms with Crippen molar-refractivity contribution in [2.24, 2.45) is 0 Å². The molecule has 0 aliphatic carbocycles. The summed E-state index contributed by atoms with van der Waals surface area (Å²) in [6, 6.07) is 28.4. The van der Waals surface area contributed by atoms with Crippen molar-refractivity contribution in [2.75, 3.05) is 5.32 Å². The van der Waals surface area contributed by atoms with E-state index >= 15 is 0 Å². The van der Waals surface area contributed by atoms with E-state index in [1.54, 1.807) is 12.1 Å². The number of hydrogen-bond donors (Lipinski definition) is 1. The zero-order valence-corrected chi connectivity index (χ0v) is 13.9. The molecule has 0 bridgehead atoms. The van der Waals surface area contributed by atoms with Crippen molar-refractivity contribution < 1.29 is 9.32 Å². The molecule has 0 fully saturated rings. The highest BCUT2D eigenvalue weighted by atomic mass is 16.5. The maximum absolute atomic E-state index is 12.2. The van der Waals surface area contributed by atoms with Crippen LogP contribution in [0.15, 0.2) is 95.5 Å². The van der Waals surface area contributed by atoms with E-state index in [9.17, 15) is 4.79 Å². The van der Waals surface area contributed by atoms with Gasteiger partial charge in [-0.05, 0) is 24.3 Å². The van der Waals surface area contributed by atoms with E-state index in [2.05, 4.69) is 10.5 Å². The predicted molar refractivity (Wildman–Crippen MR) is 102 cm³/mol. The van der Waals surface area contributed by atoms with E-state index < -0.39 is 0 Å². The highest BCUT2D eigenvalue weighted by Gasteiger charge is 2.09. The van der Waals surface area contributed by atoms with Gasteiger partial charge in [0.1, 0.15) is 5.69 Å². The zero-order valence-electron chi connectivity index (χ0n) is 13.9. The Morgan fingerprint density at radius 3 is 2.12 bits per heavy atom. The minimum absolute atomic E-state index is 0.133. The third-order valence-electron chi connectivity index (χ3n) is 4.04. The number of nitrogens with one attached hydrogen (secondary N) is 1. The van der Waals surface area contributed by atoms with E-state index in [1.165, 1.54) is 0 Å². The molecule has 3 aromatic carbocycles. The monoisotopic (exact) mass is 340 g/mol. The van der Waals surface area contributed by atoms with E-state index in [0.29, 0.717) is 5.56 Å².